The molecule has 2 aliphatic rings. The van der Waals surface area contributed by atoms with E-state index in [4.69, 9.17) is 11.6 Å². The van der Waals surface area contributed by atoms with Crippen molar-refractivity contribution in [2.24, 2.45) is 16.7 Å². The highest BCUT2D eigenvalue weighted by Gasteiger charge is 2.65. The maximum atomic E-state index is 13.3. The number of halogens is 2. The molecule has 202 valence electrons. The van der Waals surface area contributed by atoms with Gasteiger partial charge in [0.15, 0.2) is 11.0 Å². The Balaban J connectivity index is 1.41. The van der Waals surface area contributed by atoms with Gasteiger partial charge in [0.05, 0.1) is 18.0 Å². The summed E-state index contributed by atoms with van der Waals surface area (Å²) in [5.41, 5.74) is 1.37. The highest BCUT2D eigenvalue weighted by molar-refractivity contribution is 7.98. The van der Waals surface area contributed by atoms with E-state index in [0.717, 1.165) is 23.2 Å². The maximum absolute atomic E-state index is 13.3. The number of carbonyl (C=O) groups is 1. The van der Waals surface area contributed by atoms with Crippen LogP contribution >= 0.6 is 23.4 Å². The lowest BCUT2D eigenvalue weighted by molar-refractivity contribution is -0.128. The molecule has 5 rings (SSSR count). The van der Waals surface area contributed by atoms with Gasteiger partial charge in [-0.1, -0.05) is 55.4 Å². The van der Waals surface area contributed by atoms with Crippen LogP contribution in [-0.4, -0.2) is 34.7 Å². The minimum atomic E-state index is -3.80. The quantitative estimate of drug-likeness (QED) is 0.339. The standard InChI is InChI=1S/C27H30ClFN4O3S2/c1-17-4-7-20(28)13-22(17)33-24(31-32-25(33)37-15-18-5-8-21(29)9-6-18)14-30-38(35,36)16-27-11-10-19(12-23(27)34)26(27,2)3/h4-9,13,19,30H,10-12,14-16H2,1-3H3. The van der Waals surface area contributed by atoms with E-state index in [1.807, 2.05) is 26.8 Å². The molecule has 2 aliphatic carbocycles. The monoisotopic (exact) mass is 576 g/mol. The van der Waals surface area contributed by atoms with Gasteiger partial charge in [-0.15, -0.1) is 10.2 Å². The molecule has 11 heteroatoms. The van der Waals surface area contributed by atoms with Crippen LogP contribution in [0.4, 0.5) is 4.39 Å². The zero-order valence-corrected chi connectivity index (χ0v) is 23.9. The van der Waals surface area contributed by atoms with Crippen molar-refractivity contribution < 1.29 is 17.6 Å². The Kier molecular flexibility index (Phi) is 7.21. The smallest absolute Gasteiger partial charge is 0.213 e. The van der Waals surface area contributed by atoms with E-state index in [2.05, 4.69) is 14.9 Å². The van der Waals surface area contributed by atoms with Gasteiger partial charge in [-0.2, -0.15) is 0 Å². The van der Waals surface area contributed by atoms with Crippen molar-refractivity contribution in [3.05, 3.63) is 70.3 Å². The number of aromatic nitrogens is 3. The van der Waals surface area contributed by atoms with E-state index < -0.39 is 15.4 Å². The number of ketones is 1. The van der Waals surface area contributed by atoms with Crippen molar-refractivity contribution in [2.75, 3.05) is 5.75 Å². The molecule has 38 heavy (non-hydrogen) atoms. The summed E-state index contributed by atoms with van der Waals surface area (Å²) in [7, 11) is -3.80. The molecular formula is C27H30ClFN4O3S2. The van der Waals surface area contributed by atoms with Crippen molar-refractivity contribution in [1.82, 2.24) is 19.5 Å². The number of nitrogens with zero attached hydrogens (tertiary/aromatic N) is 3. The van der Waals surface area contributed by atoms with Crippen molar-refractivity contribution in [1.29, 1.82) is 0 Å². The van der Waals surface area contributed by atoms with Crippen LogP contribution in [-0.2, 0) is 27.1 Å². The molecule has 0 amide bonds. The van der Waals surface area contributed by atoms with Crippen molar-refractivity contribution >= 4 is 39.2 Å². The number of sulfonamides is 1. The summed E-state index contributed by atoms with van der Waals surface area (Å²) in [4.78, 5) is 12.9. The van der Waals surface area contributed by atoms with Gasteiger partial charge in [0, 0.05) is 22.6 Å². The number of hydrogen-bond donors (Lipinski definition) is 1. The van der Waals surface area contributed by atoms with E-state index >= 15 is 0 Å². The van der Waals surface area contributed by atoms with Crippen LogP contribution in [0.1, 0.15) is 50.1 Å². The Morgan fingerprint density at radius 2 is 1.92 bits per heavy atom. The number of benzene rings is 2. The van der Waals surface area contributed by atoms with Gasteiger partial charge in [-0.25, -0.2) is 17.5 Å². The molecule has 1 heterocycles. The van der Waals surface area contributed by atoms with Gasteiger partial charge in [-0.05, 0) is 66.5 Å². The second-order valence-corrected chi connectivity index (χ2v) is 14.0. The summed E-state index contributed by atoms with van der Waals surface area (Å²) in [6, 6.07) is 11.7. The second kappa shape index (κ2) is 10.0. The summed E-state index contributed by atoms with van der Waals surface area (Å²) >= 11 is 7.71. The number of rotatable bonds is 9. The fourth-order valence-corrected chi connectivity index (χ4v) is 8.82. The maximum Gasteiger partial charge on any atom is 0.213 e. The highest BCUT2D eigenvalue weighted by atomic mass is 35.5. The number of hydrogen-bond acceptors (Lipinski definition) is 6. The van der Waals surface area contributed by atoms with Crippen LogP contribution in [0.3, 0.4) is 0 Å². The van der Waals surface area contributed by atoms with Crippen molar-refractivity contribution in [3.8, 4) is 5.69 Å². The third kappa shape index (κ3) is 4.92. The minimum absolute atomic E-state index is 0.0568. The van der Waals surface area contributed by atoms with Gasteiger partial charge in [0.25, 0.3) is 0 Å². The third-order valence-electron chi connectivity index (χ3n) is 8.42. The van der Waals surface area contributed by atoms with Crippen LogP contribution in [0.2, 0.25) is 5.02 Å². The van der Waals surface area contributed by atoms with Crippen LogP contribution < -0.4 is 4.72 Å². The summed E-state index contributed by atoms with van der Waals surface area (Å²) in [5.74, 6) is 0.686. The van der Waals surface area contributed by atoms with Gasteiger partial charge in [0.2, 0.25) is 10.0 Å². The molecular weight excluding hydrogens is 547 g/mol. The number of carbonyl (C=O) groups excluding carboxylic acids is 1. The Labute approximate surface area is 231 Å². The van der Waals surface area contributed by atoms with E-state index in [1.165, 1.54) is 23.9 Å². The number of Topliss-reactive ketones (excluding diaryl/α,β-unsaturated/α-hetero) is 1. The number of nitrogens with one attached hydrogen (secondary N) is 1. The molecule has 0 radical (unpaired) electrons. The predicted molar refractivity (Wildman–Crippen MR) is 146 cm³/mol. The second-order valence-electron chi connectivity index (χ2n) is 10.8. The van der Waals surface area contributed by atoms with Gasteiger partial charge < -0.3 is 0 Å². The van der Waals surface area contributed by atoms with Gasteiger partial charge >= 0.3 is 0 Å². The average Bonchev–Trinajstić information content (AvgIpc) is 3.43. The first-order valence-corrected chi connectivity index (χ1v) is 15.5. The van der Waals surface area contributed by atoms with E-state index in [9.17, 15) is 17.6 Å². The zero-order chi connectivity index (χ0) is 27.3. The molecule has 0 saturated heterocycles. The lowest BCUT2D eigenvalue weighted by Crippen LogP contribution is -2.45. The molecule has 7 nitrogen and oxygen atoms in total. The molecule has 2 aromatic carbocycles. The number of thioether (sulfide) groups is 1. The highest BCUT2D eigenvalue weighted by Crippen LogP contribution is 2.64. The van der Waals surface area contributed by atoms with E-state index in [1.54, 1.807) is 28.8 Å². The molecule has 1 aromatic heterocycles. The summed E-state index contributed by atoms with van der Waals surface area (Å²) in [6.45, 7) is 5.88. The first kappa shape index (κ1) is 27.3. The fourth-order valence-electron chi connectivity index (χ4n) is 5.96. The number of fused-ring (bicyclic) bond motifs is 2. The topological polar surface area (TPSA) is 94.0 Å². The minimum Gasteiger partial charge on any atom is -0.299 e. The molecule has 2 bridgehead atoms. The van der Waals surface area contributed by atoms with Crippen LogP contribution in [0.25, 0.3) is 5.69 Å². The summed E-state index contributed by atoms with van der Waals surface area (Å²) in [5, 5.41) is 9.73. The fraction of sp³-hybridized carbons (Fsp3) is 0.444. The lowest BCUT2D eigenvalue weighted by atomic mass is 9.70. The Hall–Kier alpha value is -2.27. The molecule has 1 N–H and O–H groups in total. The zero-order valence-electron chi connectivity index (χ0n) is 21.5. The Morgan fingerprint density at radius 3 is 2.58 bits per heavy atom. The van der Waals surface area contributed by atoms with Crippen LogP contribution in [0, 0.1) is 29.5 Å². The first-order chi connectivity index (χ1) is 17.9. The third-order valence-corrected chi connectivity index (χ3v) is 11.1. The van der Waals surface area contributed by atoms with Crippen LogP contribution in [0.15, 0.2) is 47.6 Å². The molecule has 2 unspecified atom stereocenters. The molecule has 3 aromatic rings. The summed E-state index contributed by atoms with van der Waals surface area (Å²) < 4.78 is 44.4. The first-order valence-electron chi connectivity index (χ1n) is 12.5. The van der Waals surface area contributed by atoms with E-state index in [-0.39, 0.29) is 35.2 Å². The Bertz CT molecular complexity index is 1490. The van der Waals surface area contributed by atoms with Crippen molar-refractivity contribution in [3.63, 3.8) is 0 Å². The SMILES string of the molecule is Cc1ccc(Cl)cc1-n1c(CNS(=O)(=O)CC23CCC(CC2=O)C3(C)C)nnc1SCc1ccc(F)cc1. The summed E-state index contributed by atoms with van der Waals surface area (Å²) in [6.07, 6.45) is 1.94. The molecule has 2 fully saturated rings. The van der Waals surface area contributed by atoms with Gasteiger partial charge in [0.1, 0.15) is 11.6 Å². The number of aryl methyl sites for hydroxylation is 1. The Morgan fingerprint density at radius 1 is 1.18 bits per heavy atom. The molecule has 2 atom stereocenters. The predicted octanol–water partition coefficient (Wildman–Crippen LogP) is 5.48. The van der Waals surface area contributed by atoms with Crippen molar-refractivity contribution in [2.45, 2.75) is 57.5 Å². The normalized spacial score (nSPS) is 22.3. The molecule has 0 aliphatic heterocycles. The lowest BCUT2D eigenvalue weighted by Gasteiger charge is -2.36. The molecule has 2 saturated carbocycles. The van der Waals surface area contributed by atoms with Gasteiger partial charge in [-0.3, -0.25) is 9.36 Å². The van der Waals surface area contributed by atoms with E-state index in [0.29, 0.717) is 34.6 Å². The molecule has 0 spiro atoms. The average molecular weight is 577 g/mol. The largest absolute Gasteiger partial charge is 0.299 e. The van der Waals surface area contributed by atoms with Crippen LogP contribution in [0.5, 0.6) is 0 Å².